The minimum absolute atomic E-state index is 0.426. The van der Waals surface area contributed by atoms with E-state index in [4.69, 9.17) is 5.73 Å². The molecule has 0 aromatic rings. The predicted molar refractivity (Wildman–Crippen MR) is 45.2 cm³/mol. The van der Waals surface area contributed by atoms with Gasteiger partial charge in [0.05, 0.1) is 0 Å². The highest BCUT2D eigenvalue weighted by atomic mass is 16.1. The van der Waals surface area contributed by atoms with Crippen molar-refractivity contribution < 1.29 is 4.79 Å². The zero-order valence-corrected chi connectivity index (χ0v) is 7.18. The van der Waals surface area contributed by atoms with Gasteiger partial charge in [0.1, 0.15) is 5.78 Å². The summed E-state index contributed by atoms with van der Waals surface area (Å²) >= 11 is 0. The van der Waals surface area contributed by atoms with Crippen molar-refractivity contribution in [2.45, 2.75) is 32.6 Å². The van der Waals surface area contributed by atoms with Crippen molar-refractivity contribution in [1.29, 1.82) is 0 Å². The summed E-state index contributed by atoms with van der Waals surface area (Å²) in [5.41, 5.74) is 5.39. The van der Waals surface area contributed by atoms with Crippen molar-refractivity contribution in [3.63, 3.8) is 0 Å². The zero-order chi connectivity index (χ0) is 8.27. The van der Waals surface area contributed by atoms with Crippen molar-refractivity contribution in [1.82, 2.24) is 0 Å². The average molecular weight is 155 g/mol. The molecule has 1 unspecified atom stereocenters. The van der Waals surface area contributed by atoms with Gasteiger partial charge in [0.2, 0.25) is 0 Å². The fraction of sp³-hybridized carbons (Fsp3) is 0.889. The number of rotatable bonds is 5. The average Bonchev–Trinajstić information content (AvgIpc) is 2.67. The third-order valence-electron chi connectivity index (χ3n) is 2.24. The molecule has 64 valence electrons. The second kappa shape index (κ2) is 3.86. The molecule has 1 aliphatic carbocycles. The summed E-state index contributed by atoms with van der Waals surface area (Å²) in [4.78, 5) is 11.2. The van der Waals surface area contributed by atoms with Gasteiger partial charge in [0.25, 0.3) is 0 Å². The van der Waals surface area contributed by atoms with Crippen LogP contribution in [0.2, 0.25) is 0 Å². The predicted octanol–water partition coefficient (Wildman–Crippen LogP) is 1.34. The third-order valence-corrected chi connectivity index (χ3v) is 2.24. The summed E-state index contributed by atoms with van der Waals surface area (Å²) in [5.74, 6) is 1.38. The van der Waals surface area contributed by atoms with E-state index >= 15 is 0 Å². The molecule has 0 heterocycles. The molecular formula is C9H17NO. The normalized spacial score (nSPS) is 19.8. The van der Waals surface area contributed by atoms with Gasteiger partial charge in [-0.2, -0.15) is 0 Å². The SMILES string of the molecule is CC(CCN)CC(=O)C1CC1. The van der Waals surface area contributed by atoms with Gasteiger partial charge >= 0.3 is 0 Å². The Kier molecular flexibility index (Phi) is 3.06. The standard InChI is InChI=1S/C9H17NO/c1-7(4-5-10)6-9(11)8-2-3-8/h7-8H,2-6,10H2,1H3. The van der Waals surface area contributed by atoms with Crippen LogP contribution >= 0.6 is 0 Å². The van der Waals surface area contributed by atoms with E-state index in [1.807, 2.05) is 0 Å². The monoisotopic (exact) mass is 155 g/mol. The number of carbonyl (C=O) groups excluding carboxylic acids is 1. The van der Waals surface area contributed by atoms with Crippen LogP contribution in [0.3, 0.4) is 0 Å². The van der Waals surface area contributed by atoms with Crippen molar-refractivity contribution in [3.8, 4) is 0 Å². The van der Waals surface area contributed by atoms with Crippen LogP contribution in [-0.2, 0) is 4.79 Å². The number of carbonyl (C=O) groups is 1. The summed E-state index contributed by atoms with van der Waals surface area (Å²) < 4.78 is 0. The highest BCUT2D eigenvalue weighted by Gasteiger charge is 2.29. The van der Waals surface area contributed by atoms with E-state index in [1.54, 1.807) is 0 Å². The lowest BCUT2D eigenvalue weighted by atomic mass is 9.99. The lowest BCUT2D eigenvalue weighted by Crippen LogP contribution is -2.11. The van der Waals surface area contributed by atoms with Crippen LogP contribution in [-0.4, -0.2) is 12.3 Å². The van der Waals surface area contributed by atoms with E-state index in [-0.39, 0.29) is 0 Å². The van der Waals surface area contributed by atoms with E-state index in [0.29, 0.717) is 24.2 Å². The maximum atomic E-state index is 11.2. The second-order valence-corrected chi connectivity index (χ2v) is 3.63. The molecule has 11 heavy (non-hydrogen) atoms. The molecule has 2 N–H and O–H groups in total. The van der Waals surface area contributed by atoms with Crippen molar-refractivity contribution in [2.75, 3.05) is 6.54 Å². The summed E-state index contributed by atoms with van der Waals surface area (Å²) in [7, 11) is 0. The van der Waals surface area contributed by atoms with E-state index in [2.05, 4.69) is 6.92 Å². The number of hydrogen-bond donors (Lipinski definition) is 1. The molecule has 0 spiro atoms. The summed E-state index contributed by atoms with van der Waals surface area (Å²) in [6.45, 7) is 2.81. The minimum atomic E-state index is 0.426. The highest BCUT2D eigenvalue weighted by molar-refractivity contribution is 5.83. The Balaban J connectivity index is 2.12. The fourth-order valence-electron chi connectivity index (χ4n) is 1.30. The Morgan fingerprint density at radius 1 is 1.64 bits per heavy atom. The first-order chi connectivity index (χ1) is 5.24. The first kappa shape index (κ1) is 8.72. The molecule has 0 radical (unpaired) electrons. The molecule has 0 bridgehead atoms. The van der Waals surface area contributed by atoms with Gasteiger partial charge in [0.15, 0.2) is 0 Å². The smallest absolute Gasteiger partial charge is 0.136 e. The van der Waals surface area contributed by atoms with Gasteiger partial charge < -0.3 is 5.73 Å². The largest absolute Gasteiger partial charge is 0.330 e. The molecule has 2 nitrogen and oxygen atoms in total. The van der Waals surface area contributed by atoms with Crippen LogP contribution in [0.1, 0.15) is 32.6 Å². The van der Waals surface area contributed by atoms with Gasteiger partial charge in [-0.15, -0.1) is 0 Å². The van der Waals surface area contributed by atoms with Gasteiger partial charge in [-0.3, -0.25) is 4.79 Å². The minimum Gasteiger partial charge on any atom is -0.330 e. The molecule has 2 heteroatoms. The van der Waals surface area contributed by atoms with Crippen molar-refractivity contribution in [3.05, 3.63) is 0 Å². The van der Waals surface area contributed by atoms with Crippen LogP contribution in [0.25, 0.3) is 0 Å². The van der Waals surface area contributed by atoms with Gasteiger partial charge in [-0.05, 0) is 31.7 Å². The lowest BCUT2D eigenvalue weighted by molar-refractivity contribution is -0.121. The molecule has 1 saturated carbocycles. The summed E-state index contributed by atoms with van der Waals surface area (Å²) in [5, 5.41) is 0. The second-order valence-electron chi connectivity index (χ2n) is 3.63. The molecule has 1 fully saturated rings. The zero-order valence-electron chi connectivity index (χ0n) is 7.18. The molecule has 0 aromatic carbocycles. The summed E-state index contributed by atoms with van der Waals surface area (Å²) in [6, 6.07) is 0. The van der Waals surface area contributed by atoms with Crippen LogP contribution < -0.4 is 5.73 Å². The maximum Gasteiger partial charge on any atom is 0.136 e. The Hall–Kier alpha value is -0.370. The number of nitrogens with two attached hydrogens (primary N) is 1. The van der Waals surface area contributed by atoms with E-state index in [9.17, 15) is 4.79 Å². The maximum absolute atomic E-state index is 11.2. The molecule has 0 amide bonds. The third kappa shape index (κ3) is 3.02. The van der Waals surface area contributed by atoms with Gasteiger partial charge in [0, 0.05) is 12.3 Å². The van der Waals surface area contributed by atoms with Crippen molar-refractivity contribution >= 4 is 5.78 Å². The quantitative estimate of drug-likeness (QED) is 0.651. The molecule has 1 aliphatic rings. The Labute approximate surface area is 68.2 Å². The molecule has 1 atom stereocenters. The Morgan fingerprint density at radius 2 is 2.27 bits per heavy atom. The summed E-state index contributed by atoms with van der Waals surface area (Å²) in [6.07, 6.45) is 4.00. The number of hydrogen-bond acceptors (Lipinski definition) is 2. The number of ketones is 1. The van der Waals surface area contributed by atoms with Crippen LogP contribution in [0.4, 0.5) is 0 Å². The molecule has 0 saturated heterocycles. The first-order valence-corrected chi connectivity index (χ1v) is 4.46. The Bertz CT molecular complexity index is 140. The van der Waals surface area contributed by atoms with Crippen molar-refractivity contribution in [2.24, 2.45) is 17.6 Å². The van der Waals surface area contributed by atoms with Crippen LogP contribution in [0, 0.1) is 11.8 Å². The molecule has 0 aliphatic heterocycles. The van der Waals surface area contributed by atoms with Gasteiger partial charge in [-0.25, -0.2) is 0 Å². The Morgan fingerprint density at radius 3 is 2.73 bits per heavy atom. The molecule has 1 rings (SSSR count). The molecule has 0 aromatic heterocycles. The molecular weight excluding hydrogens is 138 g/mol. The van der Waals surface area contributed by atoms with Gasteiger partial charge in [-0.1, -0.05) is 6.92 Å². The fourth-order valence-corrected chi connectivity index (χ4v) is 1.30. The van der Waals surface area contributed by atoms with E-state index in [1.165, 1.54) is 0 Å². The van der Waals surface area contributed by atoms with E-state index < -0.39 is 0 Å². The highest BCUT2D eigenvalue weighted by Crippen LogP contribution is 2.32. The first-order valence-electron chi connectivity index (χ1n) is 4.46. The lowest BCUT2D eigenvalue weighted by Gasteiger charge is -2.07. The van der Waals surface area contributed by atoms with Crippen LogP contribution in [0.5, 0.6) is 0 Å². The van der Waals surface area contributed by atoms with Crippen LogP contribution in [0.15, 0.2) is 0 Å². The number of Topliss-reactive ketones (excluding diaryl/α,β-unsaturated/α-hetero) is 1. The van der Waals surface area contributed by atoms with E-state index in [0.717, 1.165) is 25.7 Å². The topological polar surface area (TPSA) is 43.1 Å².